The molecule has 2 saturated heterocycles. The van der Waals surface area contributed by atoms with Crippen LogP contribution in [0.3, 0.4) is 0 Å². The van der Waals surface area contributed by atoms with Crippen LogP contribution in [0.2, 0.25) is 0 Å². The number of carbonyl (C=O) groups excluding carboxylic acids is 1. The predicted molar refractivity (Wildman–Crippen MR) is 89.8 cm³/mol. The summed E-state index contributed by atoms with van der Waals surface area (Å²) < 4.78 is 0. The zero-order valence-corrected chi connectivity index (χ0v) is 14.0. The van der Waals surface area contributed by atoms with Crippen LogP contribution in [0.1, 0.15) is 61.8 Å². The maximum atomic E-state index is 12.4. The average Bonchev–Trinajstić information content (AvgIpc) is 2.76. The SMILES string of the molecule is Cc1cc(C)cc(C(C)NC(=O)CC2CC3CCC(C2)N3)c1. The standard InChI is InChI=1S/C19H28N2O/c1-12-6-13(2)8-16(7-12)14(3)20-19(22)11-15-9-17-4-5-18(10-15)21-17/h6-8,14-15,17-18,21H,4-5,9-11H2,1-3H3,(H,20,22). The quantitative estimate of drug-likeness (QED) is 0.895. The van der Waals surface area contributed by atoms with Crippen LogP contribution in [0.5, 0.6) is 0 Å². The molecule has 3 heteroatoms. The summed E-state index contributed by atoms with van der Waals surface area (Å²) in [5.41, 5.74) is 3.72. The zero-order valence-electron chi connectivity index (χ0n) is 14.0. The maximum Gasteiger partial charge on any atom is 0.220 e. The molecule has 2 aliphatic heterocycles. The Morgan fingerprint density at radius 3 is 2.36 bits per heavy atom. The van der Waals surface area contributed by atoms with Crippen LogP contribution < -0.4 is 10.6 Å². The van der Waals surface area contributed by atoms with Gasteiger partial charge in [-0.05, 0) is 57.9 Å². The highest BCUT2D eigenvalue weighted by atomic mass is 16.1. The smallest absolute Gasteiger partial charge is 0.220 e. The number of fused-ring (bicyclic) bond motifs is 2. The number of aryl methyl sites for hydroxylation is 2. The molecule has 22 heavy (non-hydrogen) atoms. The molecule has 2 heterocycles. The van der Waals surface area contributed by atoms with Gasteiger partial charge in [0.2, 0.25) is 5.91 Å². The van der Waals surface area contributed by atoms with Gasteiger partial charge in [0.15, 0.2) is 0 Å². The number of hydrogen-bond donors (Lipinski definition) is 2. The Kier molecular flexibility index (Phi) is 4.53. The molecule has 0 saturated carbocycles. The average molecular weight is 300 g/mol. The van der Waals surface area contributed by atoms with Gasteiger partial charge in [-0.25, -0.2) is 0 Å². The van der Waals surface area contributed by atoms with E-state index in [0.717, 1.165) is 0 Å². The van der Waals surface area contributed by atoms with E-state index in [4.69, 9.17) is 0 Å². The third kappa shape index (κ3) is 3.70. The van der Waals surface area contributed by atoms with Crippen LogP contribution in [0.25, 0.3) is 0 Å². The Morgan fingerprint density at radius 1 is 1.18 bits per heavy atom. The summed E-state index contributed by atoms with van der Waals surface area (Å²) in [6.07, 6.45) is 5.61. The van der Waals surface area contributed by atoms with E-state index in [0.29, 0.717) is 24.4 Å². The molecule has 2 N–H and O–H groups in total. The lowest BCUT2D eigenvalue weighted by Gasteiger charge is -2.29. The molecule has 0 aromatic heterocycles. The van der Waals surface area contributed by atoms with Gasteiger partial charge in [0.05, 0.1) is 6.04 Å². The molecule has 1 amide bonds. The lowest BCUT2D eigenvalue weighted by Crippen LogP contribution is -2.40. The van der Waals surface area contributed by atoms with Gasteiger partial charge < -0.3 is 10.6 Å². The summed E-state index contributed by atoms with van der Waals surface area (Å²) in [4.78, 5) is 12.4. The van der Waals surface area contributed by atoms with Gasteiger partial charge in [0.25, 0.3) is 0 Å². The van der Waals surface area contributed by atoms with Crippen LogP contribution in [0, 0.1) is 19.8 Å². The zero-order chi connectivity index (χ0) is 15.7. The van der Waals surface area contributed by atoms with Gasteiger partial charge in [-0.15, -0.1) is 0 Å². The van der Waals surface area contributed by atoms with Crippen LogP contribution >= 0.6 is 0 Å². The Bertz CT molecular complexity index is 522. The van der Waals surface area contributed by atoms with Crippen molar-refractivity contribution in [2.75, 3.05) is 0 Å². The normalized spacial score (nSPS) is 28.4. The van der Waals surface area contributed by atoms with Crippen molar-refractivity contribution in [3.63, 3.8) is 0 Å². The number of amides is 1. The topological polar surface area (TPSA) is 41.1 Å². The molecule has 2 fully saturated rings. The van der Waals surface area contributed by atoms with E-state index in [2.05, 4.69) is 49.6 Å². The van der Waals surface area contributed by atoms with Crippen LogP contribution in [0.15, 0.2) is 18.2 Å². The first-order valence-corrected chi connectivity index (χ1v) is 8.63. The molecule has 0 aliphatic carbocycles. The second-order valence-electron chi connectivity index (χ2n) is 7.39. The Morgan fingerprint density at radius 2 is 1.77 bits per heavy atom. The molecule has 2 aliphatic rings. The van der Waals surface area contributed by atoms with Crippen LogP contribution in [-0.2, 0) is 4.79 Å². The summed E-state index contributed by atoms with van der Waals surface area (Å²) in [6.45, 7) is 6.30. The van der Waals surface area contributed by atoms with E-state index in [1.54, 1.807) is 0 Å². The summed E-state index contributed by atoms with van der Waals surface area (Å²) in [5.74, 6) is 0.767. The monoisotopic (exact) mass is 300 g/mol. The van der Waals surface area contributed by atoms with Gasteiger partial charge in [-0.2, -0.15) is 0 Å². The molecule has 1 aromatic carbocycles. The van der Waals surface area contributed by atoms with Crippen molar-refractivity contribution in [1.29, 1.82) is 0 Å². The minimum absolute atomic E-state index is 0.0875. The largest absolute Gasteiger partial charge is 0.350 e. The van der Waals surface area contributed by atoms with Crippen molar-refractivity contribution >= 4 is 5.91 Å². The number of rotatable bonds is 4. The molecule has 2 bridgehead atoms. The third-order valence-corrected chi connectivity index (χ3v) is 5.17. The van der Waals surface area contributed by atoms with E-state index in [1.807, 2.05) is 0 Å². The van der Waals surface area contributed by atoms with Crippen molar-refractivity contribution in [2.24, 2.45) is 5.92 Å². The summed E-state index contributed by atoms with van der Waals surface area (Å²) >= 11 is 0. The molecule has 120 valence electrons. The second kappa shape index (κ2) is 6.41. The fraction of sp³-hybridized carbons (Fsp3) is 0.632. The second-order valence-corrected chi connectivity index (χ2v) is 7.39. The van der Waals surface area contributed by atoms with E-state index in [-0.39, 0.29) is 11.9 Å². The van der Waals surface area contributed by atoms with Crippen molar-refractivity contribution in [3.8, 4) is 0 Å². The summed E-state index contributed by atoms with van der Waals surface area (Å²) in [7, 11) is 0. The lowest BCUT2D eigenvalue weighted by molar-refractivity contribution is -0.122. The number of nitrogens with one attached hydrogen (secondary N) is 2. The van der Waals surface area contributed by atoms with E-state index < -0.39 is 0 Å². The predicted octanol–water partition coefficient (Wildman–Crippen LogP) is 3.40. The van der Waals surface area contributed by atoms with Gasteiger partial charge in [0, 0.05) is 18.5 Å². The fourth-order valence-corrected chi connectivity index (χ4v) is 4.25. The minimum Gasteiger partial charge on any atom is -0.350 e. The maximum absolute atomic E-state index is 12.4. The number of carbonyl (C=O) groups is 1. The Balaban J connectivity index is 1.54. The van der Waals surface area contributed by atoms with Crippen molar-refractivity contribution in [3.05, 3.63) is 34.9 Å². The molecule has 3 atom stereocenters. The van der Waals surface area contributed by atoms with E-state index >= 15 is 0 Å². The highest BCUT2D eigenvalue weighted by Crippen LogP contribution is 2.32. The molecule has 3 unspecified atom stereocenters. The minimum atomic E-state index is 0.0875. The third-order valence-electron chi connectivity index (χ3n) is 5.17. The molecule has 3 rings (SSSR count). The first-order valence-electron chi connectivity index (χ1n) is 8.63. The Hall–Kier alpha value is -1.35. The first kappa shape index (κ1) is 15.5. The number of hydrogen-bond acceptors (Lipinski definition) is 2. The Labute approximate surface area is 133 Å². The number of benzene rings is 1. The molecule has 0 spiro atoms. The molecule has 0 radical (unpaired) electrons. The first-order chi connectivity index (χ1) is 10.5. The van der Waals surface area contributed by atoms with Gasteiger partial charge >= 0.3 is 0 Å². The molecule has 1 aromatic rings. The van der Waals surface area contributed by atoms with Gasteiger partial charge in [0.1, 0.15) is 0 Å². The van der Waals surface area contributed by atoms with Crippen molar-refractivity contribution in [2.45, 2.75) is 71.0 Å². The molecular weight excluding hydrogens is 272 g/mol. The van der Waals surface area contributed by atoms with Crippen molar-refractivity contribution in [1.82, 2.24) is 10.6 Å². The van der Waals surface area contributed by atoms with Crippen LogP contribution in [0.4, 0.5) is 0 Å². The van der Waals surface area contributed by atoms with E-state index in [9.17, 15) is 4.79 Å². The fourth-order valence-electron chi connectivity index (χ4n) is 4.25. The summed E-state index contributed by atoms with van der Waals surface area (Å²) in [6, 6.07) is 7.92. The summed E-state index contributed by atoms with van der Waals surface area (Å²) in [5, 5.41) is 6.83. The number of piperidine rings is 1. The van der Waals surface area contributed by atoms with Gasteiger partial charge in [-0.3, -0.25) is 4.79 Å². The van der Waals surface area contributed by atoms with Crippen LogP contribution in [-0.4, -0.2) is 18.0 Å². The van der Waals surface area contributed by atoms with E-state index in [1.165, 1.54) is 42.4 Å². The van der Waals surface area contributed by atoms with Crippen molar-refractivity contribution < 1.29 is 4.79 Å². The highest BCUT2D eigenvalue weighted by Gasteiger charge is 2.34. The van der Waals surface area contributed by atoms with Gasteiger partial charge in [-0.1, -0.05) is 29.3 Å². The lowest BCUT2D eigenvalue weighted by atomic mass is 9.89. The highest BCUT2D eigenvalue weighted by molar-refractivity contribution is 5.76. The molecule has 3 nitrogen and oxygen atoms in total. The molecular formula is C19H28N2O.